The summed E-state index contributed by atoms with van der Waals surface area (Å²) in [4.78, 5) is 0. The Morgan fingerprint density at radius 1 is 1.41 bits per heavy atom. The molecule has 1 aromatic rings. The standard InChI is InChI=1S/C25H35NO/c1-6-11-22(12-7-2)18-26-19-24-16-10-14-21(5)25(24,27-8-3)23-15-9-13-20(4)17-23/h6-7,9,11-13,15,17,19,21,26H,1,8,10,14,16,18H2,2-5H3/b12-7-,22-11+,24-19+. The second-order valence-electron chi connectivity index (χ2n) is 7.36. The van der Waals surface area contributed by atoms with Crippen LogP contribution in [0.25, 0.3) is 0 Å². The molecule has 0 saturated heterocycles. The number of hydrogen-bond donors (Lipinski definition) is 1. The van der Waals surface area contributed by atoms with E-state index in [4.69, 9.17) is 4.74 Å². The molecule has 1 aromatic carbocycles. The van der Waals surface area contributed by atoms with Crippen LogP contribution in [-0.2, 0) is 10.3 Å². The molecule has 0 spiro atoms. The fourth-order valence-electron chi connectivity index (χ4n) is 4.21. The van der Waals surface area contributed by atoms with E-state index in [1.165, 1.54) is 35.1 Å². The van der Waals surface area contributed by atoms with E-state index in [0.717, 1.165) is 13.0 Å². The minimum Gasteiger partial charge on any atom is -0.387 e. The van der Waals surface area contributed by atoms with E-state index >= 15 is 0 Å². The lowest BCUT2D eigenvalue weighted by atomic mass is 9.69. The van der Waals surface area contributed by atoms with Gasteiger partial charge in [0.1, 0.15) is 5.60 Å². The molecule has 0 radical (unpaired) electrons. The smallest absolute Gasteiger partial charge is 0.118 e. The zero-order valence-corrected chi connectivity index (χ0v) is 17.4. The first-order chi connectivity index (χ1) is 13.1. The fourth-order valence-corrected chi connectivity index (χ4v) is 4.21. The molecule has 0 amide bonds. The number of benzene rings is 1. The van der Waals surface area contributed by atoms with Crippen molar-refractivity contribution in [3.8, 4) is 0 Å². The van der Waals surface area contributed by atoms with E-state index in [0.29, 0.717) is 12.5 Å². The molecular weight excluding hydrogens is 330 g/mol. The van der Waals surface area contributed by atoms with Gasteiger partial charge in [-0.1, -0.05) is 67.6 Å². The van der Waals surface area contributed by atoms with Crippen LogP contribution in [0.15, 0.2) is 72.5 Å². The molecule has 0 heterocycles. The molecule has 146 valence electrons. The maximum absolute atomic E-state index is 6.54. The Kier molecular flexibility index (Phi) is 8.12. The van der Waals surface area contributed by atoms with E-state index in [9.17, 15) is 0 Å². The lowest BCUT2D eigenvalue weighted by molar-refractivity contribution is -0.0686. The molecule has 2 nitrogen and oxygen atoms in total. The number of ether oxygens (including phenoxy) is 1. The summed E-state index contributed by atoms with van der Waals surface area (Å²) in [6.07, 6.45) is 13.7. The van der Waals surface area contributed by atoms with Gasteiger partial charge >= 0.3 is 0 Å². The van der Waals surface area contributed by atoms with Crippen molar-refractivity contribution in [3.05, 3.63) is 83.6 Å². The van der Waals surface area contributed by atoms with Gasteiger partial charge in [0.05, 0.1) is 0 Å². The Balaban J connectivity index is 2.38. The summed E-state index contributed by atoms with van der Waals surface area (Å²) in [6.45, 7) is 13.9. The Bertz CT molecular complexity index is 713. The van der Waals surface area contributed by atoms with Gasteiger partial charge in [-0.25, -0.2) is 0 Å². The van der Waals surface area contributed by atoms with Gasteiger partial charge in [0, 0.05) is 13.2 Å². The van der Waals surface area contributed by atoms with Gasteiger partial charge in [-0.15, -0.1) is 0 Å². The van der Waals surface area contributed by atoms with Gasteiger partial charge in [-0.05, 0) is 68.9 Å². The van der Waals surface area contributed by atoms with Crippen LogP contribution >= 0.6 is 0 Å². The molecule has 1 aliphatic rings. The maximum Gasteiger partial charge on any atom is 0.118 e. The third-order valence-electron chi connectivity index (χ3n) is 5.37. The number of hydrogen-bond acceptors (Lipinski definition) is 2. The molecule has 2 heteroatoms. The second-order valence-corrected chi connectivity index (χ2v) is 7.36. The van der Waals surface area contributed by atoms with Crippen molar-refractivity contribution in [2.45, 2.75) is 52.6 Å². The van der Waals surface area contributed by atoms with Crippen molar-refractivity contribution < 1.29 is 4.74 Å². The number of rotatable bonds is 8. The molecule has 2 atom stereocenters. The van der Waals surface area contributed by atoms with E-state index in [2.05, 4.69) is 75.3 Å². The number of allylic oxidation sites excluding steroid dienone is 3. The molecular formula is C25H35NO. The van der Waals surface area contributed by atoms with Gasteiger partial charge in [0.15, 0.2) is 0 Å². The van der Waals surface area contributed by atoms with Crippen LogP contribution in [0, 0.1) is 12.8 Å². The van der Waals surface area contributed by atoms with Crippen LogP contribution in [0.5, 0.6) is 0 Å². The molecule has 1 aliphatic carbocycles. The first kappa shape index (κ1) is 21.2. The van der Waals surface area contributed by atoms with Crippen molar-refractivity contribution >= 4 is 0 Å². The Hall–Kier alpha value is -2.06. The lowest BCUT2D eigenvalue weighted by Gasteiger charge is -2.45. The summed E-state index contributed by atoms with van der Waals surface area (Å²) in [6, 6.07) is 8.81. The largest absolute Gasteiger partial charge is 0.387 e. The molecule has 27 heavy (non-hydrogen) atoms. The van der Waals surface area contributed by atoms with Crippen LogP contribution in [0.1, 0.15) is 51.2 Å². The first-order valence-electron chi connectivity index (χ1n) is 10.2. The highest BCUT2D eigenvalue weighted by Crippen LogP contribution is 2.48. The van der Waals surface area contributed by atoms with Gasteiger partial charge < -0.3 is 10.1 Å². The highest BCUT2D eigenvalue weighted by Gasteiger charge is 2.44. The molecule has 0 aliphatic heterocycles. The summed E-state index contributed by atoms with van der Waals surface area (Å²) in [5.74, 6) is 0.444. The average molecular weight is 366 g/mol. The monoisotopic (exact) mass is 365 g/mol. The van der Waals surface area contributed by atoms with Crippen molar-refractivity contribution in [1.29, 1.82) is 0 Å². The quantitative estimate of drug-likeness (QED) is 0.553. The summed E-state index contributed by atoms with van der Waals surface area (Å²) < 4.78 is 6.54. The first-order valence-corrected chi connectivity index (χ1v) is 10.2. The third-order valence-corrected chi connectivity index (χ3v) is 5.37. The summed E-state index contributed by atoms with van der Waals surface area (Å²) in [5.41, 5.74) is 4.79. The predicted octanol–water partition coefficient (Wildman–Crippen LogP) is 6.21. The molecule has 2 unspecified atom stereocenters. The molecule has 0 bridgehead atoms. The van der Waals surface area contributed by atoms with Gasteiger partial charge in [-0.2, -0.15) is 0 Å². The Morgan fingerprint density at radius 3 is 2.89 bits per heavy atom. The van der Waals surface area contributed by atoms with Gasteiger partial charge in [0.2, 0.25) is 0 Å². The average Bonchev–Trinajstić information content (AvgIpc) is 2.65. The summed E-state index contributed by atoms with van der Waals surface area (Å²) in [5, 5.41) is 3.53. The second kappa shape index (κ2) is 10.3. The van der Waals surface area contributed by atoms with Crippen LogP contribution in [0.2, 0.25) is 0 Å². The van der Waals surface area contributed by atoms with Crippen molar-refractivity contribution in [2.75, 3.05) is 13.2 Å². The van der Waals surface area contributed by atoms with Crippen LogP contribution < -0.4 is 5.32 Å². The molecule has 2 rings (SSSR count). The highest BCUT2D eigenvalue weighted by molar-refractivity contribution is 5.38. The number of aryl methyl sites for hydroxylation is 1. The van der Waals surface area contributed by atoms with Gasteiger partial charge in [-0.3, -0.25) is 0 Å². The zero-order valence-electron chi connectivity index (χ0n) is 17.4. The topological polar surface area (TPSA) is 21.3 Å². The summed E-state index contributed by atoms with van der Waals surface area (Å²) >= 11 is 0. The van der Waals surface area contributed by atoms with Crippen LogP contribution in [-0.4, -0.2) is 13.2 Å². The van der Waals surface area contributed by atoms with E-state index in [1.807, 2.05) is 19.1 Å². The normalized spacial score (nSPS) is 25.1. The van der Waals surface area contributed by atoms with E-state index in [-0.39, 0.29) is 5.60 Å². The SMILES string of the molecule is C=C/C=C(\C=C/C)CN/C=C1\CCCC(C)C1(OCC)c1cccc(C)c1. The van der Waals surface area contributed by atoms with Crippen molar-refractivity contribution in [2.24, 2.45) is 5.92 Å². The van der Waals surface area contributed by atoms with Crippen LogP contribution in [0.3, 0.4) is 0 Å². The van der Waals surface area contributed by atoms with Crippen molar-refractivity contribution in [1.82, 2.24) is 5.32 Å². The minimum atomic E-state index is -0.338. The number of nitrogens with one attached hydrogen (secondary N) is 1. The molecule has 1 N–H and O–H groups in total. The minimum absolute atomic E-state index is 0.338. The zero-order chi connectivity index (χ0) is 19.7. The maximum atomic E-state index is 6.54. The Labute approximate surface area is 165 Å². The lowest BCUT2D eigenvalue weighted by Crippen LogP contribution is -2.42. The predicted molar refractivity (Wildman–Crippen MR) is 117 cm³/mol. The van der Waals surface area contributed by atoms with E-state index in [1.54, 1.807) is 0 Å². The van der Waals surface area contributed by atoms with Gasteiger partial charge in [0.25, 0.3) is 0 Å². The molecule has 0 aromatic heterocycles. The highest BCUT2D eigenvalue weighted by atomic mass is 16.5. The van der Waals surface area contributed by atoms with E-state index < -0.39 is 0 Å². The summed E-state index contributed by atoms with van der Waals surface area (Å²) in [7, 11) is 0. The third kappa shape index (κ3) is 5.01. The molecule has 1 fully saturated rings. The Morgan fingerprint density at radius 2 is 2.22 bits per heavy atom. The fraction of sp³-hybridized carbons (Fsp3) is 0.440. The molecule has 1 saturated carbocycles. The van der Waals surface area contributed by atoms with Crippen molar-refractivity contribution in [3.63, 3.8) is 0 Å². The van der Waals surface area contributed by atoms with Crippen LogP contribution in [0.4, 0.5) is 0 Å².